The number of nitrogen functional groups attached to an aromatic ring is 1. The van der Waals surface area contributed by atoms with Gasteiger partial charge in [0.25, 0.3) is 0 Å². The van der Waals surface area contributed by atoms with Crippen molar-refractivity contribution in [3.05, 3.63) is 28.8 Å². The van der Waals surface area contributed by atoms with Gasteiger partial charge in [-0.2, -0.15) is 0 Å². The fourth-order valence-electron chi connectivity index (χ4n) is 1.98. The minimum absolute atomic E-state index is 0.328. The van der Waals surface area contributed by atoms with Crippen LogP contribution < -0.4 is 11.5 Å². The van der Waals surface area contributed by atoms with Crippen molar-refractivity contribution in [2.45, 2.75) is 32.2 Å². The van der Waals surface area contributed by atoms with Gasteiger partial charge in [0.2, 0.25) is 0 Å². The van der Waals surface area contributed by atoms with Crippen LogP contribution in [0.2, 0.25) is 0 Å². The van der Waals surface area contributed by atoms with Crippen molar-refractivity contribution in [3.8, 4) is 0 Å². The molecule has 2 heteroatoms. The van der Waals surface area contributed by atoms with Crippen LogP contribution in [0, 0.1) is 6.92 Å². The topological polar surface area (TPSA) is 52.0 Å². The molecule has 0 bridgehead atoms. The lowest BCUT2D eigenvalue weighted by Gasteiger charge is -2.22. The molecule has 0 fully saturated rings. The molecule has 70 valence electrons. The summed E-state index contributed by atoms with van der Waals surface area (Å²) in [5, 5.41) is 0. The van der Waals surface area contributed by atoms with Crippen LogP contribution in [0.4, 0.5) is 5.69 Å². The molecule has 0 aliphatic heterocycles. The van der Waals surface area contributed by atoms with Gasteiger partial charge in [-0.25, -0.2) is 0 Å². The maximum absolute atomic E-state index is 5.90. The minimum Gasteiger partial charge on any atom is -0.399 e. The Morgan fingerprint density at radius 2 is 2.08 bits per heavy atom. The molecule has 1 atom stereocenters. The fourth-order valence-corrected chi connectivity index (χ4v) is 1.98. The standard InChI is InChI=1S/C11H16N2/c1-7-4-8-2-3-10(12)5-9(8)6-11(7)13/h4,6,10H,2-3,5,12-13H2,1H3. The molecule has 4 N–H and O–H groups in total. The number of hydrogen-bond acceptors (Lipinski definition) is 2. The van der Waals surface area contributed by atoms with Crippen LogP contribution in [0.1, 0.15) is 23.1 Å². The van der Waals surface area contributed by atoms with E-state index in [0.717, 1.165) is 24.9 Å². The van der Waals surface area contributed by atoms with Crippen LogP contribution >= 0.6 is 0 Å². The van der Waals surface area contributed by atoms with Crippen LogP contribution in [0.5, 0.6) is 0 Å². The minimum atomic E-state index is 0.328. The Kier molecular flexibility index (Phi) is 2.00. The third-order valence-electron chi connectivity index (χ3n) is 2.85. The van der Waals surface area contributed by atoms with Crippen molar-refractivity contribution in [2.24, 2.45) is 5.73 Å². The van der Waals surface area contributed by atoms with Crippen LogP contribution in [0.25, 0.3) is 0 Å². The van der Waals surface area contributed by atoms with Gasteiger partial charge in [-0.05, 0) is 48.9 Å². The summed E-state index contributed by atoms with van der Waals surface area (Å²) in [6.45, 7) is 2.06. The van der Waals surface area contributed by atoms with E-state index >= 15 is 0 Å². The normalized spacial score (nSPS) is 21.2. The third-order valence-corrected chi connectivity index (χ3v) is 2.85. The van der Waals surface area contributed by atoms with Gasteiger partial charge in [-0.1, -0.05) is 6.07 Å². The van der Waals surface area contributed by atoms with Gasteiger partial charge in [0.15, 0.2) is 0 Å². The van der Waals surface area contributed by atoms with Crippen molar-refractivity contribution in [3.63, 3.8) is 0 Å². The lowest BCUT2D eigenvalue weighted by atomic mass is 9.87. The van der Waals surface area contributed by atoms with E-state index in [0.29, 0.717) is 6.04 Å². The molecule has 1 aromatic carbocycles. The summed E-state index contributed by atoms with van der Waals surface area (Å²) in [4.78, 5) is 0. The van der Waals surface area contributed by atoms with E-state index < -0.39 is 0 Å². The number of nitrogens with two attached hydrogens (primary N) is 2. The summed E-state index contributed by atoms with van der Waals surface area (Å²) in [6, 6.07) is 4.62. The molecule has 0 spiro atoms. The molecule has 13 heavy (non-hydrogen) atoms. The van der Waals surface area contributed by atoms with Gasteiger partial charge in [0, 0.05) is 11.7 Å². The van der Waals surface area contributed by atoms with Crippen molar-refractivity contribution >= 4 is 5.69 Å². The predicted molar refractivity (Wildman–Crippen MR) is 55.6 cm³/mol. The Morgan fingerprint density at radius 3 is 2.85 bits per heavy atom. The van der Waals surface area contributed by atoms with Gasteiger partial charge in [-0.3, -0.25) is 0 Å². The van der Waals surface area contributed by atoms with Crippen LogP contribution in [0.3, 0.4) is 0 Å². The van der Waals surface area contributed by atoms with Gasteiger partial charge >= 0.3 is 0 Å². The number of fused-ring (bicyclic) bond motifs is 1. The molecule has 1 aliphatic carbocycles. The summed E-state index contributed by atoms with van der Waals surface area (Å²) in [5.41, 5.74) is 16.6. The zero-order chi connectivity index (χ0) is 9.42. The van der Waals surface area contributed by atoms with E-state index in [1.807, 2.05) is 0 Å². The molecule has 1 aliphatic rings. The largest absolute Gasteiger partial charge is 0.399 e. The molecule has 0 heterocycles. The van der Waals surface area contributed by atoms with E-state index in [1.165, 1.54) is 16.7 Å². The number of anilines is 1. The summed E-state index contributed by atoms with van der Waals surface area (Å²) in [7, 11) is 0. The molecule has 1 aromatic rings. The molecule has 0 saturated carbocycles. The highest BCUT2D eigenvalue weighted by Gasteiger charge is 2.15. The van der Waals surface area contributed by atoms with E-state index in [-0.39, 0.29) is 0 Å². The molecule has 2 rings (SSSR count). The van der Waals surface area contributed by atoms with E-state index in [4.69, 9.17) is 11.5 Å². The van der Waals surface area contributed by atoms with Crippen molar-refractivity contribution < 1.29 is 0 Å². The Morgan fingerprint density at radius 1 is 1.31 bits per heavy atom. The predicted octanol–water partition coefficient (Wildman–Crippen LogP) is 1.39. The maximum atomic E-state index is 5.90. The molecule has 0 aromatic heterocycles. The summed E-state index contributed by atoms with van der Waals surface area (Å²) in [6.07, 6.45) is 3.20. The van der Waals surface area contributed by atoms with Crippen LogP contribution in [0.15, 0.2) is 12.1 Å². The quantitative estimate of drug-likeness (QED) is 0.587. The highest BCUT2D eigenvalue weighted by Crippen LogP contribution is 2.25. The molecule has 1 unspecified atom stereocenters. The second-order valence-corrected chi connectivity index (χ2v) is 3.98. The second kappa shape index (κ2) is 3.04. The first-order valence-corrected chi connectivity index (χ1v) is 4.80. The Bertz CT molecular complexity index is 331. The zero-order valence-corrected chi connectivity index (χ0v) is 8.01. The second-order valence-electron chi connectivity index (χ2n) is 3.98. The summed E-state index contributed by atoms with van der Waals surface area (Å²) in [5.74, 6) is 0. The van der Waals surface area contributed by atoms with Crippen molar-refractivity contribution in [1.82, 2.24) is 0 Å². The third kappa shape index (κ3) is 1.54. The Balaban J connectivity index is 2.43. The molecular formula is C11H16N2. The zero-order valence-electron chi connectivity index (χ0n) is 8.01. The van der Waals surface area contributed by atoms with E-state index in [2.05, 4.69) is 19.1 Å². The number of rotatable bonds is 0. The van der Waals surface area contributed by atoms with Gasteiger partial charge in [-0.15, -0.1) is 0 Å². The first-order valence-electron chi connectivity index (χ1n) is 4.80. The summed E-state index contributed by atoms with van der Waals surface area (Å²) < 4.78 is 0. The highest BCUT2D eigenvalue weighted by molar-refractivity contribution is 5.52. The first kappa shape index (κ1) is 8.57. The molecule has 2 nitrogen and oxygen atoms in total. The van der Waals surface area contributed by atoms with Crippen LogP contribution in [-0.4, -0.2) is 6.04 Å². The maximum Gasteiger partial charge on any atom is 0.0346 e. The molecule has 0 amide bonds. The average Bonchev–Trinajstić information content (AvgIpc) is 2.08. The number of hydrogen-bond donors (Lipinski definition) is 2. The fraction of sp³-hybridized carbons (Fsp3) is 0.455. The van der Waals surface area contributed by atoms with Gasteiger partial charge in [0.1, 0.15) is 0 Å². The smallest absolute Gasteiger partial charge is 0.0346 e. The van der Waals surface area contributed by atoms with Crippen molar-refractivity contribution in [2.75, 3.05) is 5.73 Å². The Labute approximate surface area is 78.9 Å². The summed E-state index contributed by atoms with van der Waals surface area (Å²) >= 11 is 0. The highest BCUT2D eigenvalue weighted by atomic mass is 14.6. The van der Waals surface area contributed by atoms with E-state index in [1.54, 1.807) is 0 Å². The van der Waals surface area contributed by atoms with Crippen LogP contribution in [-0.2, 0) is 12.8 Å². The van der Waals surface area contributed by atoms with E-state index in [9.17, 15) is 0 Å². The Hall–Kier alpha value is -1.02. The molecule has 0 radical (unpaired) electrons. The lowest BCUT2D eigenvalue weighted by Crippen LogP contribution is -2.27. The SMILES string of the molecule is Cc1cc2c(cc1N)CC(N)CC2. The van der Waals surface area contributed by atoms with Gasteiger partial charge < -0.3 is 11.5 Å². The van der Waals surface area contributed by atoms with Gasteiger partial charge in [0.05, 0.1) is 0 Å². The number of benzene rings is 1. The molecule has 0 saturated heterocycles. The number of aryl methyl sites for hydroxylation is 2. The molecular weight excluding hydrogens is 160 g/mol. The first-order chi connectivity index (χ1) is 6.16. The van der Waals surface area contributed by atoms with Crippen molar-refractivity contribution in [1.29, 1.82) is 0 Å². The lowest BCUT2D eigenvalue weighted by molar-refractivity contribution is 0.576. The average molecular weight is 176 g/mol. The monoisotopic (exact) mass is 176 g/mol.